The number of rotatable bonds is 6. The van der Waals surface area contributed by atoms with Crippen LogP contribution in [0.25, 0.3) is 0 Å². The average Bonchev–Trinajstić information content (AvgIpc) is 2.80. The van der Waals surface area contributed by atoms with Crippen LogP contribution in [0.15, 0.2) is 22.8 Å². The van der Waals surface area contributed by atoms with Crippen LogP contribution in [0.2, 0.25) is 0 Å². The first-order valence-electron chi connectivity index (χ1n) is 6.24. The molecule has 2 unspecified atom stereocenters. The van der Waals surface area contributed by atoms with Crippen LogP contribution < -0.4 is 10.6 Å². The molecule has 0 saturated carbocycles. The van der Waals surface area contributed by atoms with Gasteiger partial charge in [0.1, 0.15) is 5.76 Å². The summed E-state index contributed by atoms with van der Waals surface area (Å²) in [6, 6.07) is 2.88. The van der Waals surface area contributed by atoms with Crippen LogP contribution in [-0.4, -0.2) is 23.8 Å². The lowest BCUT2D eigenvalue weighted by atomic mass is 10.0. The van der Waals surface area contributed by atoms with E-state index >= 15 is 0 Å². The second-order valence-corrected chi connectivity index (χ2v) is 4.86. The molecule has 5 heteroatoms. The van der Waals surface area contributed by atoms with Crippen molar-refractivity contribution in [2.45, 2.75) is 39.3 Å². The van der Waals surface area contributed by atoms with Gasteiger partial charge in [-0.2, -0.15) is 0 Å². The van der Waals surface area contributed by atoms with Crippen LogP contribution >= 0.6 is 0 Å². The van der Waals surface area contributed by atoms with E-state index in [1.165, 1.54) is 0 Å². The summed E-state index contributed by atoms with van der Waals surface area (Å²) in [7, 11) is 0. The minimum atomic E-state index is -0.293. The lowest BCUT2D eigenvalue weighted by molar-refractivity contribution is 0.204. The van der Waals surface area contributed by atoms with Crippen molar-refractivity contribution in [2.75, 3.05) is 6.61 Å². The molecule has 1 aromatic rings. The summed E-state index contributed by atoms with van der Waals surface area (Å²) in [5.74, 6) is 1.12. The molecule has 1 rings (SSSR count). The summed E-state index contributed by atoms with van der Waals surface area (Å²) in [6.45, 7) is 5.89. The standard InChI is InChI=1S/C13H22N2O3/c1-9(2)7-11(8-16)15-13(17)14-10(3)12-5-4-6-18-12/h4-6,9-11,16H,7-8H2,1-3H3,(H2,14,15,17). The lowest BCUT2D eigenvalue weighted by Crippen LogP contribution is -2.45. The summed E-state index contributed by atoms with van der Waals surface area (Å²) >= 11 is 0. The molecule has 0 saturated heterocycles. The highest BCUT2D eigenvalue weighted by Gasteiger charge is 2.16. The van der Waals surface area contributed by atoms with Gasteiger partial charge in [0.05, 0.1) is 25.0 Å². The van der Waals surface area contributed by atoms with Crippen molar-refractivity contribution in [1.29, 1.82) is 0 Å². The predicted molar refractivity (Wildman–Crippen MR) is 69.1 cm³/mol. The number of furan rings is 1. The summed E-state index contributed by atoms with van der Waals surface area (Å²) in [5.41, 5.74) is 0. The molecule has 3 N–H and O–H groups in total. The molecule has 0 radical (unpaired) electrons. The zero-order chi connectivity index (χ0) is 13.5. The van der Waals surface area contributed by atoms with Gasteiger partial charge in [0, 0.05) is 0 Å². The number of aliphatic hydroxyl groups is 1. The maximum absolute atomic E-state index is 11.7. The Hall–Kier alpha value is -1.49. The largest absolute Gasteiger partial charge is 0.467 e. The molecule has 0 fully saturated rings. The zero-order valence-electron chi connectivity index (χ0n) is 11.1. The summed E-state index contributed by atoms with van der Waals surface area (Å²) in [4.78, 5) is 11.7. The van der Waals surface area contributed by atoms with Gasteiger partial charge in [0.25, 0.3) is 0 Å². The number of nitrogens with one attached hydrogen (secondary N) is 2. The van der Waals surface area contributed by atoms with Gasteiger partial charge in [-0.1, -0.05) is 13.8 Å². The first-order chi connectivity index (χ1) is 8.52. The van der Waals surface area contributed by atoms with Crippen molar-refractivity contribution in [3.8, 4) is 0 Å². The molecule has 0 aliphatic rings. The molecule has 1 aromatic heterocycles. The minimum absolute atomic E-state index is 0.0548. The average molecular weight is 254 g/mol. The predicted octanol–water partition coefficient (Wildman–Crippen LogP) is 2.05. The Morgan fingerprint density at radius 3 is 2.61 bits per heavy atom. The molecule has 5 nitrogen and oxygen atoms in total. The molecular weight excluding hydrogens is 232 g/mol. The SMILES string of the molecule is CC(C)CC(CO)NC(=O)NC(C)c1ccco1. The van der Waals surface area contributed by atoms with Crippen LogP contribution in [0.1, 0.15) is 39.0 Å². The Bertz CT molecular complexity index is 349. The van der Waals surface area contributed by atoms with Crippen LogP contribution in [0.3, 0.4) is 0 Å². The minimum Gasteiger partial charge on any atom is -0.467 e. The molecule has 0 aromatic carbocycles. The molecule has 1 heterocycles. The third-order valence-electron chi connectivity index (χ3n) is 2.63. The fourth-order valence-corrected chi connectivity index (χ4v) is 1.78. The Morgan fingerprint density at radius 1 is 1.39 bits per heavy atom. The highest BCUT2D eigenvalue weighted by molar-refractivity contribution is 5.74. The van der Waals surface area contributed by atoms with E-state index in [-0.39, 0.29) is 24.7 Å². The van der Waals surface area contributed by atoms with Crippen molar-refractivity contribution in [1.82, 2.24) is 10.6 Å². The van der Waals surface area contributed by atoms with Crippen LogP contribution in [-0.2, 0) is 0 Å². The first kappa shape index (κ1) is 14.6. The maximum Gasteiger partial charge on any atom is 0.315 e. The molecule has 0 aliphatic heterocycles. The van der Waals surface area contributed by atoms with Gasteiger partial charge in [-0.25, -0.2) is 4.79 Å². The van der Waals surface area contributed by atoms with Gasteiger partial charge < -0.3 is 20.2 Å². The zero-order valence-corrected chi connectivity index (χ0v) is 11.1. The topological polar surface area (TPSA) is 74.5 Å². The third kappa shape index (κ3) is 4.79. The number of urea groups is 1. The van der Waals surface area contributed by atoms with Crippen molar-refractivity contribution in [3.63, 3.8) is 0 Å². The lowest BCUT2D eigenvalue weighted by Gasteiger charge is -2.20. The van der Waals surface area contributed by atoms with Gasteiger partial charge in [-0.05, 0) is 31.4 Å². The van der Waals surface area contributed by atoms with Gasteiger partial charge >= 0.3 is 6.03 Å². The summed E-state index contributed by atoms with van der Waals surface area (Å²) in [6.07, 6.45) is 2.32. The van der Waals surface area contributed by atoms with E-state index < -0.39 is 0 Å². The molecule has 0 aliphatic carbocycles. The van der Waals surface area contributed by atoms with Crippen molar-refractivity contribution in [2.24, 2.45) is 5.92 Å². The molecule has 0 bridgehead atoms. The number of hydrogen-bond donors (Lipinski definition) is 3. The Morgan fingerprint density at radius 2 is 2.11 bits per heavy atom. The molecule has 0 spiro atoms. The van der Waals surface area contributed by atoms with Crippen LogP contribution in [0.5, 0.6) is 0 Å². The summed E-state index contributed by atoms with van der Waals surface area (Å²) in [5, 5.41) is 14.7. The third-order valence-corrected chi connectivity index (χ3v) is 2.63. The molecule has 102 valence electrons. The first-order valence-corrected chi connectivity index (χ1v) is 6.24. The van der Waals surface area contributed by atoms with Crippen LogP contribution in [0.4, 0.5) is 4.79 Å². The number of amides is 2. The van der Waals surface area contributed by atoms with Crippen molar-refractivity contribution >= 4 is 6.03 Å². The van der Waals surface area contributed by atoms with Gasteiger partial charge in [-0.3, -0.25) is 0 Å². The normalized spacial score (nSPS) is 14.3. The Labute approximate surface area is 108 Å². The molecular formula is C13H22N2O3. The number of hydrogen-bond acceptors (Lipinski definition) is 3. The summed E-state index contributed by atoms with van der Waals surface area (Å²) < 4.78 is 5.20. The Balaban J connectivity index is 2.40. The number of aliphatic hydroxyl groups excluding tert-OH is 1. The van der Waals surface area contributed by atoms with E-state index in [0.29, 0.717) is 11.7 Å². The molecule has 2 amide bonds. The van der Waals surface area contributed by atoms with Gasteiger partial charge in [0.2, 0.25) is 0 Å². The smallest absolute Gasteiger partial charge is 0.315 e. The van der Waals surface area contributed by atoms with Crippen molar-refractivity contribution in [3.05, 3.63) is 24.2 Å². The second kappa shape index (κ2) is 7.06. The van der Waals surface area contributed by atoms with Crippen LogP contribution in [0, 0.1) is 5.92 Å². The molecule has 18 heavy (non-hydrogen) atoms. The fourth-order valence-electron chi connectivity index (χ4n) is 1.78. The fraction of sp³-hybridized carbons (Fsp3) is 0.615. The molecule has 2 atom stereocenters. The maximum atomic E-state index is 11.7. The van der Waals surface area contributed by atoms with E-state index in [2.05, 4.69) is 10.6 Å². The monoisotopic (exact) mass is 254 g/mol. The highest BCUT2D eigenvalue weighted by atomic mass is 16.3. The van der Waals surface area contributed by atoms with E-state index in [0.717, 1.165) is 6.42 Å². The quantitative estimate of drug-likeness (QED) is 0.727. The van der Waals surface area contributed by atoms with E-state index in [4.69, 9.17) is 4.42 Å². The number of carbonyl (C=O) groups is 1. The number of carbonyl (C=O) groups excluding carboxylic acids is 1. The van der Waals surface area contributed by atoms with E-state index in [1.807, 2.05) is 26.8 Å². The van der Waals surface area contributed by atoms with E-state index in [1.54, 1.807) is 12.3 Å². The van der Waals surface area contributed by atoms with Crippen molar-refractivity contribution < 1.29 is 14.3 Å². The van der Waals surface area contributed by atoms with Gasteiger partial charge in [0.15, 0.2) is 0 Å². The second-order valence-electron chi connectivity index (χ2n) is 4.86. The Kier molecular flexibility index (Phi) is 5.71. The van der Waals surface area contributed by atoms with E-state index in [9.17, 15) is 9.90 Å². The highest BCUT2D eigenvalue weighted by Crippen LogP contribution is 2.12. The van der Waals surface area contributed by atoms with Gasteiger partial charge in [-0.15, -0.1) is 0 Å².